The second kappa shape index (κ2) is 9.34. The molecule has 0 aliphatic rings. The van der Waals surface area contributed by atoms with Gasteiger partial charge in [-0.15, -0.1) is 0 Å². The SMILES string of the molecule is CCCNc1cnccc1C(=O)NCCCCC(C)C. The Morgan fingerprint density at radius 2 is 2.10 bits per heavy atom. The van der Waals surface area contributed by atoms with Crippen LogP contribution in [-0.2, 0) is 0 Å². The Morgan fingerprint density at radius 3 is 2.80 bits per heavy atom. The van der Waals surface area contributed by atoms with Crippen molar-refractivity contribution in [1.29, 1.82) is 0 Å². The van der Waals surface area contributed by atoms with Crippen molar-refractivity contribution in [2.75, 3.05) is 18.4 Å². The van der Waals surface area contributed by atoms with E-state index in [9.17, 15) is 4.79 Å². The Balaban J connectivity index is 2.42. The third-order valence-electron chi connectivity index (χ3n) is 3.12. The molecule has 0 saturated carbocycles. The van der Waals surface area contributed by atoms with Crippen LogP contribution in [0.15, 0.2) is 18.5 Å². The summed E-state index contributed by atoms with van der Waals surface area (Å²) < 4.78 is 0. The van der Waals surface area contributed by atoms with Crippen LogP contribution in [0.1, 0.15) is 56.8 Å². The van der Waals surface area contributed by atoms with Crippen LogP contribution in [0.25, 0.3) is 0 Å². The molecule has 20 heavy (non-hydrogen) atoms. The van der Waals surface area contributed by atoms with Crippen molar-refractivity contribution >= 4 is 11.6 Å². The number of hydrogen-bond acceptors (Lipinski definition) is 3. The van der Waals surface area contributed by atoms with E-state index in [1.165, 1.54) is 6.42 Å². The number of carbonyl (C=O) groups is 1. The second-order valence-corrected chi connectivity index (χ2v) is 5.49. The van der Waals surface area contributed by atoms with Crippen molar-refractivity contribution in [2.24, 2.45) is 5.92 Å². The molecule has 1 heterocycles. The maximum absolute atomic E-state index is 12.1. The van der Waals surface area contributed by atoms with Gasteiger partial charge in [-0.1, -0.05) is 33.6 Å². The molecule has 0 spiro atoms. The van der Waals surface area contributed by atoms with Gasteiger partial charge in [0.25, 0.3) is 5.91 Å². The highest BCUT2D eigenvalue weighted by molar-refractivity contribution is 5.99. The highest BCUT2D eigenvalue weighted by atomic mass is 16.1. The normalized spacial score (nSPS) is 10.6. The van der Waals surface area contributed by atoms with Gasteiger partial charge in [0.2, 0.25) is 0 Å². The largest absolute Gasteiger partial charge is 0.383 e. The molecule has 0 saturated heterocycles. The molecule has 1 aromatic heterocycles. The summed E-state index contributed by atoms with van der Waals surface area (Å²) in [7, 11) is 0. The van der Waals surface area contributed by atoms with Gasteiger partial charge in [-0.25, -0.2) is 0 Å². The minimum atomic E-state index is -0.0180. The lowest BCUT2D eigenvalue weighted by Gasteiger charge is -2.11. The van der Waals surface area contributed by atoms with Crippen LogP contribution in [-0.4, -0.2) is 24.0 Å². The van der Waals surface area contributed by atoms with Crippen molar-refractivity contribution in [3.8, 4) is 0 Å². The van der Waals surface area contributed by atoms with E-state index in [1.54, 1.807) is 18.5 Å². The lowest BCUT2D eigenvalue weighted by atomic mass is 10.1. The summed E-state index contributed by atoms with van der Waals surface area (Å²) >= 11 is 0. The number of rotatable bonds is 9. The van der Waals surface area contributed by atoms with Crippen LogP contribution in [0.4, 0.5) is 5.69 Å². The van der Waals surface area contributed by atoms with E-state index in [-0.39, 0.29) is 5.91 Å². The maximum atomic E-state index is 12.1. The molecule has 4 nitrogen and oxygen atoms in total. The number of nitrogens with one attached hydrogen (secondary N) is 2. The van der Waals surface area contributed by atoms with Crippen molar-refractivity contribution in [3.05, 3.63) is 24.0 Å². The summed E-state index contributed by atoms with van der Waals surface area (Å²) in [6, 6.07) is 1.77. The summed E-state index contributed by atoms with van der Waals surface area (Å²) in [4.78, 5) is 16.2. The first-order valence-electron chi connectivity index (χ1n) is 7.61. The van der Waals surface area contributed by atoms with Gasteiger partial charge in [0, 0.05) is 19.3 Å². The number of aromatic nitrogens is 1. The Kier molecular flexibility index (Phi) is 7.70. The third-order valence-corrected chi connectivity index (χ3v) is 3.12. The molecule has 0 aromatic carbocycles. The Bertz CT molecular complexity index is 404. The predicted molar refractivity (Wildman–Crippen MR) is 84.0 cm³/mol. The van der Waals surface area contributed by atoms with Gasteiger partial charge in [-0.05, 0) is 24.8 Å². The number of unbranched alkanes of at least 4 members (excludes halogenated alkanes) is 1. The Labute approximate surface area is 122 Å². The number of amides is 1. The first-order valence-corrected chi connectivity index (χ1v) is 7.61. The van der Waals surface area contributed by atoms with E-state index in [1.807, 2.05) is 0 Å². The number of pyridine rings is 1. The first-order chi connectivity index (χ1) is 9.65. The minimum Gasteiger partial charge on any atom is -0.383 e. The molecule has 4 heteroatoms. The lowest BCUT2D eigenvalue weighted by molar-refractivity contribution is 0.0953. The quantitative estimate of drug-likeness (QED) is 0.680. The van der Waals surface area contributed by atoms with Gasteiger partial charge in [-0.2, -0.15) is 0 Å². The predicted octanol–water partition coefficient (Wildman–Crippen LogP) is 3.46. The number of carbonyl (C=O) groups excluding carboxylic acids is 1. The minimum absolute atomic E-state index is 0.0180. The molecule has 0 bridgehead atoms. The van der Waals surface area contributed by atoms with E-state index < -0.39 is 0 Å². The molecule has 0 atom stereocenters. The van der Waals surface area contributed by atoms with Crippen LogP contribution in [0.3, 0.4) is 0 Å². The van der Waals surface area contributed by atoms with Crippen LogP contribution in [0, 0.1) is 5.92 Å². The van der Waals surface area contributed by atoms with Crippen LogP contribution >= 0.6 is 0 Å². The van der Waals surface area contributed by atoms with Crippen molar-refractivity contribution < 1.29 is 4.79 Å². The Morgan fingerprint density at radius 1 is 1.30 bits per heavy atom. The molecule has 0 aliphatic heterocycles. The maximum Gasteiger partial charge on any atom is 0.253 e. The fourth-order valence-corrected chi connectivity index (χ4v) is 1.97. The van der Waals surface area contributed by atoms with Gasteiger partial charge < -0.3 is 10.6 Å². The van der Waals surface area contributed by atoms with Crippen molar-refractivity contribution in [2.45, 2.75) is 46.5 Å². The highest BCUT2D eigenvalue weighted by Gasteiger charge is 2.10. The fraction of sp³-hybridized carbons (Fsp3) is 0.625. The first kappa shape index (κ1) is 16.5. The molecule has 1 rings (SSSR count). The molecule has 1 aromatic rings. The molecule has 1 amide bonds. The topological polar surface area (TPSA) is 54.0 Å². The van der Waals surface area contributed by atoms with E-state index >= 15 is 0 Å². The van der Waals surface area contributed by atoms with Gasteiger partial charge in [0.05, 0.1) is 17.4 Å². The van der Waals surface area contributed by atoms with E-state index in [2.05, 4.69) is 36.4 Å². The molecule has 0 fully saturated rings. The van der Waals surface area contributed by atoms with Gasteiger partial charge >= 0.3 is 0 Å². The zero-order valence-corrected chi connectivity index (χ0v) is 12.9. The van der Waals surface area contributed by atoms with E-state index in [0.717, 1.165) is 44.0 Å². The summed E-state index contributed by atoms with van der Waals surface area (Å²) in [5, 5.41) is 6.22. The average molecular weight is 277 g/mol. The summed E-state index contributed by atoms with van der Waals surface area (Å²) in [6.45, 7) is 8.13. The molecule has 112 valence electrons. The summed E-state index contributed by atoms with van der Waals surface area (Å²) in [5.74, 6) is 0.714. The van der Waals surface area contributed by atoms with Gasteiger partial charge in [0.1, 0.15) is 0 Å². The molecule has 2 N–H and O–H groups in total. The van der Waals surface area contributed by atoms with Crippen LogP contribution in [0.2, 0.25) is 0 Å². The average Bonchev–Trinajstić information content (AvgIpc) is 2.44. The summed E-state index contributed by atoms with van der Waals surface area (Å²) in [5.41, 5.74) is 1.49. The monoisotopic (exact) mass is 277 g/mol. The Hall–Kier alpha value is -1.58. The fourth-order valence-electron chi connectivity index (χ4n) is 1.97. The van der Waals surface area contributed by atoms with Crippen molar-refractivity contribution in [1.82, 2.24) is 10.3 Å². The molecule has 0 unspecified atom stereocenters. The molecule has 0 aliphatic carbocycles. The van der Waals surface area contributed by atoms with E-state index in [0.29, 0.717) is 5.56 Å². The van der Waals surface area contributed by atoms with Crippen LogP contribution < -0.4 is 10.6 Å². The number of nitrogens with zero attached hydrogens (tertiary/aromatic N) is 1. The standard InChI is InChI=1S/C16H27N3O/c1-4-9-18-15-12-17-11-8-14(15)16(20)19-10-6-5-7-13(2)3/h8,11-13,18H,4-7,9-10H2,1-3H3,(H,19,20). The second-order valence-electron chi connectivity index (χ2n) is 5.49. The molecular formula is C16H27N3O. The highest BCUT2D eigenvalue weighted by Crippen LogP contribution is 2.13. The van der Waals surface area contributed by atoms with Crippen molar-refractivity contribution in [3.63, 3.8) is 0 Å². The van der Waals surface area contributed by atoms with Crippen LogP contribution in [0.5, 0.6) is 0 Å². The molecular weight excluding hydrogens is 250 g/mol. The zero-order valence-electron chi connectivity index (χ0n) is 12.9. The van der Waals surface area contributed by atoms with Gasteiger partial charge in [0.15, 0.2) is 0 Å². The number of anilines is 1. The smallest absolute Gasteiger partial charge is 0.253 e. The molecule has 0 radical (unpaired) electrons. The third kappa shape index (κ3) is 6.04. The zero-order chi connectivity index (χ0) is 14.8. The summed E-state index contributed by atoms with van der Waals surface area (Å²) in [6.07, 6.45) is 7.80. The van der Waals surface area contributed by atoms with E-state index in [4.69, 9.17) is 0 Å². The number of hydrogen-bond donors (Lipinski definition) is 2. The van der Waals surface area contributed by atoms with Gasteiger partial charge in [-0.3, -0.25) is 9.78 Å². The lowest BCUT2D eigenvalue weighted by Crippen LogP contribution is -2.25.